The number of benzene rings is 1. The van der Waals surface area contributed by atoms with Crippen LogP contribution < -0.4 is 11.1 Å². The van der Waals surface area contributed by atoms with Crippen molar-refractivity contribution >= 4 is 28.6 Å². The van der Waals surface area contributed by atoms with Crippen molar-refractivity contribution in [3.05, 3.63) is 76.9 Å². The fraction of sp³-hybridized carbons (Fsp3) is 0.174. The minimum Gasteiger partial charge on any atom is -0.404 e. The maximum atomic E-state index is 12.7. The molecule has 2 aromatic heterocycles. The molecule has 0 radical (unpaired) electrons. The number of ether oxygens (including phenoxy) is 1. The van der Waals surface area contributed by atoms with Crippen molar-refractivity contribution < 1.29 is 9.53 Å². The van der Waals surface area contributed by atoms with Crippen molar-refractivity contribution in [2.75, 3.05) is 6.61 Å². The number of nitriles is 1. The number of hydrogen-bond donors (Lipinski definition) is 3. The summed E-state index contributed by atoms with van der Waals surface area (Å²) in [5, 5.41) is 20.5. The van der Waals surface area contributed by atoms with Crippen molar-refractivity contribution in [3.8, 4) is 6.07 Å². The average Bonchev–Trinajstić information content (AvgIpc) is 2.82. The molecule has 1 aromatic carbocycles. The molecule has 3 heterocycles. The summed E-state index contributed by atoms with van der Waals surface area (Å²) in [6.07, 6.45) is 4.18. The fourth-order valence-electron chi connectivity index (χ4n) is 3.47. The lowest BCUT2D eigenvalue weighted by molar-refractivity contribution is 0.0945. The van der Waals surface area contributed by atoms with Gasteiger partial charge in [-0.3, -0.25) is 9.78 Å². The van der Waals surface area contributed by atoms with Crippen LogP contribution in [0.15, 0.2) is 48.8 Å². The summed E-state index contributed by atoms with van der Waals surface area (Å²) in [6.45, 7) is 1.01. The van der Waals surface area contributed by atoms with Gasteiger partial charge in [0.25, 0.3) is 5.91 Å². The predicted octanol–water partition coefficient (Wildman–Crippen LogP) is 2.65. The summed E-state index contributed by atoms with van der Waals surface area (Å²) >= 11 is 0. The molecule has 1 amide bonds. The maximum absolute atomic E-state index is 12.7. The number of fused-ring (bicyclic) bond motifs is 2. The van der Waals surface area contributed by atoms with Crippen molar-refractivity contribution in [2.24, 2.45) is 5.73 Å². The minimum absolute atomic E-state index is 0.229. The third-order valence-electron chi connectivity index (χ3n) is 5.17. The van der Waals surface area contributed by atoms with Crippen molar-refractivity contribution in [1.29, 1.82) is 10.7 Å². The number of nitrogens with one attached hydrogen (secondary N) is 2. The average molecular weight is 412 g/mol. The Morgan fingerprint density at radius 3 is 3.00 bits per heavy atom. The van der Waals surface area contributed by atoms with E-state index in [0.29, 0.717) is 41.3 Å². The van der Waals surface area contributed by atoms with Crippen molar-refractivity contribution in [2.45, 2.75) is 19.1 Å². The topological polar surface area (TPSA) is 138 Å². The van der Waals surface area contributed by atoms with Gasteiger partial charge in [0.15, 0.2) is 0 Å². The van der Waals surface area contributed by atoms with E-state index in [-0.39, 0.29) is 18.4 Å². The second-order valence-electron chi connectivity index (χ2n) is 7.12. The third-order valence-corrected chi connectivity index (χ3v) is 5.17. The van der Waals surface area contributed by atoms with E-state index in [4.69, 9.17) is 15.9 Å². The van der Waals surface area contributed by atoms with E-state index in [1.165, 1.54) is 6.20 Å². The van der Waals surface area contributed by atoms with Crippen LogP contribution in [0.2, 0.25) is 0 Å². The number of allylic oxidation sites excluding steroid dienone is 1. The molecular weight excluding hydrogens is 392 g/mol. The molecule has 0 fully saturated rings. The second kappa shape index (κ2) is 8.73. The van der Waals surface area contributed by atoms with Gasteiger partial charge in [0.1, 0.15) is 0 Å². The summed E-state index contributed by atoms with van der Waals surface area (Å²) in [5.74, 6) is -0.612. The molecule has 1 aliphatic rings. The molecule has 1 atom stereocenters. The summed E-state index contributed by atoms with van der Waals surface area (Å²) in [4.78, 5) is 21.6. The Labute approximate surface area is 178 Å². The monoisotopic (exact) mass is 412 g/mol. The quantitative estimate of drug-likeness (QED) is 0.551. The Kier molecular flexibility index (Phi) is 5.69. The van der Waals surface area contributed by atoms with Crippen LogP contribution in [0.3, 0.4) is 0 Å². The lowest BCUT2D eigenvalue weighted by Crippen LogP contribution is -2.24. The molecule has 0 saturated carbocycles. The van der Waals surface area contributed by atoms with Crippen LogP contribution in [0.1, 0.15) is 38.8 Å². The van der Waals surface area contributed by atoms with E-state index in [9.17, 15) is 10.1 Å². The molecule has 4 N–H and O–H groups in total. The highest BCUT2D eigenvalue weighted by atomic mass is 16.5. The molecule has 0 spiro atoms. The molecule has 3 aromatic rings. The number of amides is 1. The molecule has 8 heteroatoms. The first-order chi connectivity index (χ1) is 15.1. The van der Waals surface area contributed by atoms with Gasteiger partial charge in [-0.15, -0.1) is 0 Å². The van der Waals surface area contributed by atoms with Gasteiger partial charge in [0, 0.05) is 35.1 Å². The Balaban J connectivity index is 1.52. The number of rotatable bonds is 5. The zero-order valence-electron chi connectivity index (χ0n) is 16.6. The van der Waals surface area contributed by atoms with Gasteiger partial charge in [-0.25, -0.2) is 4.98 Å². The minimum atomic E-state index is -0.368. The maximum Gasteiger partial charge on any atom is 0.251 e. The van der Waals surface area contributed by atoms with Gasteiger partial charge in [-0.1, -0.05) is 6.07 Å². The number of pyridine rings is 2. The van der Waals surface area contributed by atoms with E-state index < -0.39 is 0 Å². The number of nitrogens with two attached hydrogens (primary N) is 1. The predicted molar refractivity (Wildman–Crippen MR) is 116 cm³/mol. The Morgan fingerprint density at radius 1 is 1.35 bits per heavy atom. The number of carbonyl (C=O) groups excluding carboxylic acids is 1. The highest BCUT2D eigenvalue weighted by Crippen LogP contribution is 2.27. The Hall–Kier alpha value is -4.09. The number of aromatic nitrogens is 2. The SMILES string of the molecule is N#C[C@@H]1COCc2ccc(C(=O)NCc3cc4nc(/C(C=N)=C/N)ccc4cn3)cc21. The van der Waals surface area contributed by atoms with E-state index >= 15 is 0 Å². The first-order valence-corrected chi connectivity index (χ1v) is 9.69. The fourth-order valence-corrected chi connectivity index (χ4v) is 3.47. The van der Waals surface area contributed by atoms with Gasteiger partial charge in [0.2, 0.25) is 0 Å². The van der Waals surface area contributed by atoms with E-state index in [2.05, 4.69) is 21.4 Å². The Morgan fingerprint density at radius 2 is 2.23 bits per heavy atom. The van der Waals surface area contributed by atoms with Crippen molar-refractivity contribution in [1.82, 2.24) is 15.3 Å². The standard InChI is InChI=1S/C23H20N6O2/c24-7-17(8-25)21-4-3-15-10-27-19(6-22(15)29-21)11-28-23(30)14-1-2-16-12-31-13-18(9-26)20(16)5-14/h1-8,10,18,24H,11-13,25H2,(H,28,30)/b17-8+,24-7?/t18-/m1/s1. The first kappa shape index (κ1) is 20.2. The molecule has 31 heavy (non-hydrogen) atoms. The van der Waals surface area contributed by atoms with E-state index in [0.717, 1.165) is 22.7 Å². The molecule has 0 bridgehead atoms. The molecule has 4 rings (SSSR count). The lowest BCUT2D eigenvalue weighted by atomic mass is 9.92. The van der Waals surface area contributed by atoms with Gasteiger partial charge >= 0.3 is 0 Å². The van der Waals surface area contributed by atoms with Crippen LogP contribution in [0.25, 0.3) is 16.5 Å². The normalized spacial score (nSPS) is 15.7. The van der Waals surface area contributed by atoms with Crippen LogP contribution >= 0.6 is 0 Å². The van der Waals surface area contributed by atoms with Gasteiger partial charge in [0.05, 0.1) is 48.7 Å². The van der Waals surface area contributed by atoms with Crippen LogP contribution in [-0.4, -0.2) is 28.7 Å². The zero-order valence-corrected chi connectivity index (χ0v) is 16.6. The molecule has 0 aliphatic carbocycles. The van der Waals surface area contributed by atoms with Crippen LogP contribution in [0.4, 0.5) is 0 Å². The molecular formula is C23H20N6O2. The zero-order chi connectivity index (χ0) is 21.8. The molecule has 1 aliphatic heterocycles. The summed E-state index contributed by atoms with van der Waals surface area (Å²) in [5.41, 5.74) is 10.3. The summed E-state index contributed by atoms with van der Waals surface area (Å²) < 4.78 is 5.42. The van der Waals surface area contributed by atoms with Gasteiger partial charge in [-0.05, 0) is 41.5 Å². The highest BCUT2D eigenvalue weighted by molar-refractivity contribution is 6.07. The number of hydrogen-bond acceptors (Lipinski definition) is 7. The van der Waals surface area contributed by atoms with Crippen LogP contribution in [-0.2, 0) is 17.9 Å². The second-order valence-corrected chi connectivity index (χ2v) is 7.12. The lowest BCUT2D eigenvalue weighted by Gasteiger charge is -2.21. The highest BCUT2D eigenvalue weighted by Gasteiger charge is 2.22. The third kappa shape index (κ3) is 4.13. The van der Waals surface area contributed by atoms with Gasteiger partial charge in [-0.2, -0.15) is 5.26 Å². The summed E-state index contributed by atoms with van der Waals surface area (Å²) in [6, 6.07) is 13.0. The van der Waals surface area contributed by atoms with Crippen LogP contribution in [0, 0.1) is 16.7 Å². The Bertz CT molecular complexity index is 1240. The van der Waals surface area contributed by atoms with E-state index in [1.807, 2.05) is 12.1 Å². The van der Waals surface area contributed by atoms with Gasteiger partial charge < -0.3 is 21.2 Å². The van der Waals surface area contributed by atoms with E-state index in [1.54, 1.807) is 30.5 Å². The largest absolute Gasteiger partial charge is 0.404 e. The number of nitrogens with zero attached hydrogens (tertiary/aromatic N) is 3. The van der Waals surface area contributed by atoms with Crippen LogP contribution in [0.5, 0.6) is 0 Å². The first-order valence-electron chi connectivity index (χ1n) is 9.69. The molecule has 0 unspecified atom stereocenters. The van der Waals surface area contributed by atoms with Crippen molar-refractivity contribution in [3.63, 3.8) is 0 Å². The summed E-state index contributed by atoms with van der Waals surface area (Å²) in [7, 11) is 0. The molecule has 8 nitrogen and oxygen atoms in total. The smallest absolute Gasteiger partial charge is 0.251 e. The molecule has 154 valence electrons. The number of carbonyl (C=O) groups is 1. The molecule has 0 saturated heterocycles.